The van der Waals surface area contributed by atoms with Gasteiger partial charge in [0, 0.05) is 42.2 Å². The number of carbonyl (C=O) groups is 2. The van der Waals surface area contributed by atoms with Crippen LogP contribution in [0.25, 0.3) is 33.4 Å². The van der Waals surface area contributed by atoms with Crippen LogP contribution in [0.4, 0.5) is 16.4 Å². The third kappa shape index (κ3) is 8.88. The molecule has 13 nitrogen and oxygen atoms in total. The maximum atomic E-state index is 12.7. The molecule has 0 bridgehead atoms. The van der Waals surface area contributed by atoms with Crippen LogP contribution in [0.1, 0.15) is 31.0 Å². The number of pyridine rings is 2. The lowest BCUT2D eigenvalue weighted by Gasteiger charge is -2.17. The number of aromatic amines is 1. The Morgan fingerprint density at radius 2 is 1.87 bits per heavy atom. The summed E-state index contributed by atoms with van der Waals surface area (Å²) < 4.78 is 5.50. The Labute approximate surface area is 272 Å². The second-order valence-electron chi connectivity index (χ2n) is 11.3. The summed E-state index contributed by atoms with van der Waals surface area (Å²) in [7, 11) is 1.65. The number of benzene rings is 2. The summed E-state index contributed by atoms with van der Waals surface area (Å²) in [5.41, 5.74) is 18.3. The summed E-state index contributed by atoms with van der Waals surface area (Å²) in [6, 6.07) is 20.7. The lowest BCUT2D eigenvalue weighted by atomic mass is 10.0. The lowest BCUT2D eigenvalue weighted by Crippen LogP contribution is -2.37. The van der Waals surface area contributed by atoms with Gasteiger partial charge in [0.15, 0.2) is 12.3 Å². The molecule has 8 N–H and O–H groups in total. The molecule has 47 heavy (non-hydrogen) atoms. The van der Waals surface area contributed by atoms with Crippen LogP contribution >= 0.6 is 0 Å². The highest BCUT2D eigenvalue weighted by Gasteiger charge is 2.16. The van der Waals surface area contributed by atoms with Crippen LogP contribution in [0.15, 0.2) is 79.1 Å². The first-order chi connectivity index (χ1) is 22.7. The number of nitrogens with one attached hydrogen (secondary N) is 3. The van der Waals surface area contributed by atoms with E-state index in [1.807, 2.05) is 49.4 Å². The molecule has 0 aliphatic carbocycles. The summed E-state index contributed by atoms with van der Waals surface area (Å²) in [4.78, 5) is 43.3. The van der Waals surface area contributed by atoms with E-state index in [1.54, 1.807) is 43.7 Å². The van der Waals surface area contributed by atoms with Crippen molar-refractivity contribution >= 4 is 34.7 Å². The monoisotopic (exact) mass is 637 g/mol. The van der Waals surface area contributed by atoms with E-state index in [9.17, 15) is 9.59 Å². The Balaban J connectivity index is 1.12. The topological polar surface area (TPSA) is 197 Å². The van der Waals surface area contributed by atoms with E-state index in [2.05, 4.69) is 30.6 Å². The van der Waals surface area contributed by atoms with Crippen LogP contribution in [-0.4, -0.2) is 61.9 Å². The molecule has 5 rings (SSSR count). The molecule has 0 aliphatic rings. The van der Waals surface area contributed by atoms with Crippen molar-refractivity contribution in [2.24, 2.45) is 11.7 Å². The lowest BCUT2D eigenvalue weighted by molar-refractivity contribution is -0.119. The zero-order chi connectivity index (χ0) is 33.3. The summed E-state index contributed by atoms with van der Waals surface area (Å²) in [6.45, 7) is 2.72. The molecule has 0 radical (unpaired) electrons. The number of amides is 2. The molecule has 3 aromatic heterocycles. The Kier molecular flexibility index (Phi) is 10.7. The molecule has 2 amide bonds. The number of nitrogens with two attached hydrogens (primary N) is 2. The number of ether oxygens (including phenoxy) is 1. The number of hydrogen-bond acceptors (Lipinski definition) is 10. The zero-order valence-electron chi connectivity index (χ0n) is 26.3. The molecule has 244 valence electrons. The fourth-order valence-corrected chi connectivity index (χ4v) is 5.01. The van der Waals surface area contributed by atoms with Crippen molar-refractivity contribution < 1.29 is 19.4 Å². The van der Waals surface area contributed by atoms with E-state index in [4.69, 9.17) is 21.3 Å². The van der Waals surface area contributed by atoms with E-state index in [0.717, 1.165) is 39.0 Å². The van der Waals surface area contributed by atoms with Gasteiger partial charge in [-0.1, -0.05) is 31.2 Å². The molecule has 0 fully saturated rings. The maximum absolute atomic E-state index is 12.7. The van der Waals surface area contributed by atoms with Crippen LogP contribution in [0.2, 0.25) is 0 Å². The van der Waals surface area contributed by atoms with Gasteiger partial charge in [0.25, 0.3) is 0 Å². The molecule has 5 aromatic rings. The molecule has 3 heterocycles. The Morgan fingerprint density at radius 3 is 2.57 bits per heavy atom. The van der Waals surface area contributed by atoms with Crippen molar-refractivity contribution in [1.82, 2.24) is 30.2 Å². The van der Waals surface area contributed by atoms with Gasteiger partial charge < -0.3 is 30.8 Å². The van der Waals surface area contributed by atoms with Crippen molar-refractivity contribution in [2.75, 3.05) is 24.6 Å². The van der Waals surface area contributed by atoms with Gasteiger partial charge >= 0.3 is 6.09 Å². The molecule has 0 saturated heterocycles. The smallest absolute Gasteiger partial charge is 0.410 e. The van der Waals surface area contributed by atoms with Crippen LogP contribution in [0, 0.1) is 5.92 Å². The summed E-state index contributed by atoms with van der Waals surface area (Å²) in [5.74, 6) is 0.0276. The van der Waals surface area contributed by atoms with E-state index in [0.29, 0.717) is 36.7 Å². The Morgan fingerprint density at radius 1 is 1.06 bits per heavy atom. The second kappa shape index (κ2) is 15.3. The van der Waals surface area contributed by atoms with Crippen molar-refractivity contribution in [2.45, 2.75) is 39.3 Å². The molecule has 13 heteroatoms. The van der Waals surface area contributed by atoms with E-state index >= 15 is 0 Å². The normalized spacial score (nSPS) is 12.4. The number of imidazole rings is 1. The number of hydrogen-bond donors (Lipinski definition) is 6. The third-order valence-corrected chi connectivity index (χ3v) is 7.61. The quantitative estimate of drug-likeness (QED) is 0.0803. The highest BCUT2D eigenvalue weighted by molar-refractivity contribution is 5.96. The minimum Gasteiger partial charge on any atom is -0.445 e. The van der Waals surface area contributed by atoms with Gasteiger partial charge in [0.05, 0.1) is 29.0 Å². The van der Waals surface area contributed by atoms with Crippen LogP contribution in [-0.2, 0) is 22.7 Å². The maximum Gasteiger partial charge on any atom is 0.410 e. The number of aliphatic hydroxyl groups excluding tert-OH is 1. The van der Waals surface area contributed by atoms with E-state index in [-0.39, 0.29) is 25.0 Å². The van der Waals surface area contributed by atoms with Gasteiger partial charge in [-0.3, -0.25) is 25.8 Å². The zero-order valence-corrected chi connectivity index (χ0v) is 26.3. The van der Waals surface area contributed by atoms with Gasteiger partial charge in [0.1, 0.15) is 6.61 Å². The van der Waals surface area contributed by atoms with E-state index in [1.165, 1.54) is 4.90 Å². The van der Waals surface area contributed by atoms with Crippen molar-refractivity contribution in [1.29, 1.82) is 0 Å². The minimum absolute atomic E-state index is 0.0827. The van der Waals surface area contributed by atoms with Gasteiger partial charge in [0.2, 0.25) is 5.91 Å². The number of nitrogens with zero attached hydrogens (tertiary/aromatic N) is 4. The molecule has 0 spiro atoms. The number of nitrogen functional groups attached to an aromatic ring is 1. The molecular formula is C34H39N9O4. The predicted molar refractivity (Wildman–Crippen MR) is 180 cm³/mol. The van der Waals surface area contributed by atoms with Crippen molar-refractivity contribution in [3.63, 3.8) is 0 Å². The van der Waals surface area contributed by atoms with Gasteiger partial charge in [-0.25, -0.2) is 9.78 Å². The fourth-order valence-electron chi connectivity index (χ4n) is 5.01. The summed E-state index contributed by atoms with van der Waals surface area (Å²) in [5, 5.41) is 14.6. The first-order valence-corrected chi connectivity index (χ1v) is 15.3. The molecule has 0 aliphatic heterocycles. The van der Waals surface area contributed by atoms with Gasteiger partial charge in [-0.2, -0.15) is 0 Å². The largest absolute Gasteiger partial charge is 0.445 e. The van der Waals surface area contributed by atoms with Crippen molar-refractivity contribution in [3.05, 3.63) is 90.4 Å². The number of H-pyrrole nitrogens is 1. The Bertz CT molecular complexity index is 1790. The average molecular weight is 638 g/mol. The van der Waals surface area contributed by atoms with Gasteiger partial charge in [-0.05, 0) is 73.0 Å². The first kappa shape index (κ1) is 33.0. The number of aromatic nitrogens is 4. The molecule has 0 saturated carbocycles. The summed E-state index contributed by atoms with van der Waals surface area (Å²) in [6.07, 6.45) is 3.32. The molecule has 2 atom stereocenters. The van der Waals surface area contributed by atoms with Crippen LogP contribution in [0.3, 0.4) is 0 Å². The molecule has 2 unspecified atom stereocenters. The fraction of sp³-hybridized carbons (Fsp3) is 0.265. The average Bonchev–Trinajstić information content (AvgIpc) is 3.46. The molecular weight excluding hydrogens is 598 g/mol. The standard InChI is InChI=1S/C34H39N9O4/c1-21(6-5-15-38-33(36)45)31(44)40-25-11-8-22(9-12-25)20-47-34(46)43(2)19-26-13-10-23(18-39-26)24-16-27(28-7-3-4-14-37-28)30-29(17-24)41-32(35)42-30/h3-4,7-14,16-18,21,33,38,45H,5-6,15,19-20,36H2,1-2H3,(H,40,44)(H3,35,41,42). The number of fused-ring (bicyclic) bond motifs is 1. The van der Waals surface area contributed by atoms with Crippen LogP contribution in [0.5, 0.6) is 0 Å². The van der Waals surface area contributed by atoms with Crippen LogP contribution < -0.4 is 22.1 Å². The minimum atomic E-state index is -1.06. The molecule has 2 aromatic carbocycles. The summed E-state index contributed by atoms with van der Waals surface area (Å²) >= 11 is 0. The van der Waals surface area contributed by atoms with Gasteiger partial charge in [-0.15, -0.1) is 0 Å². The number of carbonyl (C=O) groups excluding carboxylic acids is 2. The first-order valence-electron chi connectivity index (χ1n) is 15.3. The Hall–Kier alpha value is -5.37. The highest BCUT2D eigenvalue weighted by Crippen LogP contribution is 2.32. The SMILES string of the molecule is CC(CCCNC(N)O)C(=O)Nc1ccc(COC(=O)N(C)Cc2ccc(-c3cc(-c4ccccn4)c4nc(N)[nH]c4c3)cn2)cc1. The third-order valence-electron chi connectivity index (χ3n) is 7.61. The number of anilines is 2. The number of rotatable bonds is 13. The second-order valence-corrected chi connectivity index (χ2v) is 11.3. The number of aliphatic hydroxyl groups is 1. The van der Waals surface area contributed by atoms with Crippen molar-refractivity contribution in [3.8, 4) is 22.4 Å². The highest BCUT2D eigenvalue weighted by atomic mass is 16.6. The predicted octanol–water partition coefficient (Wildman–Crippen LogP) is 4.22. The van der Waals surface area contributed by atoms with E-state index < -0.39 is 12.4 Å².